The second kappa shape index (κ2) is 7.11. The lowest BCUT2D eigenvalue weighted by atomic mass is 9.79. The van der Waals surface area contributed by atoms with Crippen LogP contribution in [0.25, 0.3) is 0 Å². The molecule has 1 atom stereocenters. The molecule has 1 unspecified atom stereocenters. The van der Waals surface area contributed by atoms with Gasteiger partial charge in [0, 0.05) is 12.2 Å². The fourth-order valence-electron chi connectivity index (χ4n) is 2.42. The van der Waals surface area contributed by atoms with Crippen LogP contribution in [0.3, 0.4) is 0 Å². The number of hydrogen-bond acceptors (Lipinski definition) is 2. The molecule has 0 aliphatic rings. The van der Waals surface area contributed by atoms with Gasteiger partial charge in [-0.05, 0) is 49.7 Å². The van der Waals surface area contributed by atoms with E-state index in [-0.39, 0.29) is 16.2 Å². The summed E-state index contributed by atoms with van der Waals surface area (Å²) in [6, 6.07) is 4.59. The maximum absolute atomic E-state index is 6.45. The van der Waals surface area contributed by atoms with Crippen LogP contribution in [0.4, 0.5) is 0 Å². The second-order valence-electron chi connectivity index (χ2n) is 8.82. The average molecular weight is 338 g/mol. The molecular weight excluding hydrogens is 303 g/mol. The molecular formula is C20H35O2P. The van der Waals surface area contributed by atoms with Crippen molar-refractivity contribution in [1.29, 1.82) is 0 Å². The Morgan fingerprint density at radius 3 is 1.91 bits per heavy atom. The Balaban J connectivity index is 3.36. The Bertz CT molecular complexity index is 534. The first-order chi connectivity index (χ1) is 10.3. The molecule has 0 saturated carbocycles. The van der Waals surface area contributed by atoms with E-state index in [9.17, 15) is 0 Å². The standard InChI is InChI=1S/C20H35O2P/c1-11-21-23-20(9,10)22-17-14(2)12-15(18(3,4)5)13-16(17)19(6,7)8/h12-13,23H,11H2,1-10H3. The van der Waals surface area contributed by atoms with Gasteiger partial charge in [-0.15, -0.1) is 0 Å². The first kappa shape index (κ1) is 20.5. The topological polar surface area (TPSA) is 18.5 Å². The van der Waals surface area contributed by atoms with Gasteiger partial charge in [0.2, 0.25) is 0 Å². The van der Waals surface area contributed by atoms with Crippen molar-refractivity contribution in [3.8, 4) is 5.75 Å². The van der Waals surface area contributed by atoms with Crippen LogP contribution in [0.1, 0.15) is 79.0 Å². The molecule has 2 nitrogen and oxygen atoms in total. The van der Waals surface area contributed by atoms with E-state index in [2.05, 4.69) is 74.4 Å². The monoisotopic (exact) mass is 338 g/mol. The third-order valence-electron chi connectivity index (χ3n) is 3.77. The zero-order valence-electron chi connectivity index (χ0n) is 16.7. The Morgan fingerprint density at radius 2 is 1.48 bits per heavy atom. The van der Waals surface area contributed by atoms with Gasteiger partial charge >= 0.3 is 0 Å². The highest BCUT2D eigenvalue weighted by atomic mass is 31.1. The highest BCUT2D eigenvalue weighted by Gasteiger charge is 2.29. The van der Waals surface area contributed by atoms with Crippen molar-refractivity contribution in [2.75, 3.05) is 6.61 Å². The van der Waals surface area contributed by atoms with E-state index in [1.165, 1.54) is 16.7 Å². The van der Waals surface area contributed by atoms with E-state index >= 15 is 0 Å². The van der Waals surface area contributed by atoms with Crippen LogP contribution in [-0.4, -0.2) is 11.9 Å². The predicted molar refractivity (Wildman–Crippen MR) is 103 cm³/mol. The molecule has 0 N–H and O–H groups in total. The summed E-state index contributed by atoms with van der Waals surface area (Å²) in [4.78, 5) is 0. The quantitative estimate of drug-likeness (QED) is 0.584. The highest BCUT2D eigenvalue weighted by molar-refractivity contribution is 7.34. The molecule has 1 aromatic carbocycles. The summed E-state index contributed by atoms with van der Waals surface area (Å²) in [5.41, 5.74) is 4.00. The lowest BCUT2D eigenvalue weighted by Gasteiger charge is -2.33. The van der Waals surface area contributed by atoms with Gasteiger partial charge in [0.1, 0.15) is 11.1 Å². The third-order valence-corrected chi connectivity index (χ3v) is 4.79. The van der Waals surface area contributed by atoms with Gasteiger partial charge in [0.05, 0.1) is 8.81 Å². The van der Waals surface area contributed by atoms with Gasteiger partial charge in [-0.1, -0.05) is 53.7 Å². The van der Waals surface area contributed by atoms with Crippen molar-refractivity contribution >= 4 is 8.81 Å². The van der Waals surface area contributed by atoms with Gasteiger partial charge in [-0.2, -0.15) is 0 Å². The number of ether oxygens (including phenoxy) is 1. The summed E-state index contributed by atoms with van der Waals surface area (Å²) in [5, 5.41) is -0.315. The Hall–Kier alpha value is -0.590. The fraction of sp³-hybridized carbons (Fsp3) is 0.700. The summed E-state index contributed by atoms with van der Waals surface area (Å²) in [6.45, 7) is 22.6. The normalized spacial score (nSPS) is 13.8. The van der Waals surface area contributed by atoms with Crippen molar-refractivity contribution < 1.29 is 9.26 Å². The maximum Gasteiger partial charge on any atom is 0.144 e. The average Bonchev–Trinajstić information content (AvgIpc) is 2.35. The molecule has 0 saturated heterocycles. The zero-order chi connectivity index (χ0) is 18.1. The summed E-state index contributed by atoms with van der Waals surface area (Å²) in [7, 11) is 0.325. The Labute approximate surface area is 145 Å². The minimum atomic E-state index is -0.315. The van der Waals surface area contributed by atoms with Crippen LogP contribution in [0, 0.1) is 6.92 Å². The number of benzene rings is 1. The van der Waals surface area contributed by atoms with Gasteiger partial charge in [-0.3, -0.25) is 0 Å². The van der Waals surface area contributed by atoms with Crippen LogP contribution < -0.4 is 4.74 Å². The largest absolute Gasteiger partial charge is 0.481 e. The van der Waals surface area contributed by atoms with Crippen LogP contribution in [0.15, 0.2) is 12.1 Å². The second-order valence-corrected chi connectivity index (χ2v) is 10.5. The Morgan fingerprint density at radius 1 is 0.913 bits per heavy atom. The van der Waals surface area contributed by atoms with Crippen LogP contribution in [0.5, 0.6) is 5.75 Å². The molecule has 0 aromatic heterocycles. The first-order valence-electron chi connectivity index (χ1n) is 8.51. The molecule has 23 heavy (non-hydrogen) atoms. The molecule has 0 amide bonds. The van der Waals surface area contributed by atoms with E-state index in [0.717, 1.165) is 12.4 Å². The lowest BCUT2D eigenvalue weighted by molar-refractivity contribution is 0.180. The van der Waals surface area contributed by atoms with Crippen LogP contribution >= 0.6 is 8.81 Å². The smallest absolute Gasteiger partial charge is 0.144 e. The van der Waals surface area contributed by atoms with E-state index in [0.29, 0.717) is 8.81 Å². The van der Waals surface area contributed by atoms with Crippen LogP contribution in [0.2, 0.25) is 0 Å². The van der Waals surface area contributed by atoms with Gasteiger partial charge in [0.15, 0.2) is 0 Å². The van der Waals surface area contributed by atoms with Crippen molar-refractivity contribution in [1.82, 2.24) is 0 Å². The van der Waals surface area contributed by atoms with Crippen LogP contribution in [-0.2, 0) is 15.4 Å². The molecule has 0 bridgehead atoms. The molecule has 0 aliphatic carbocycles. The molecule has 3 heteroatoms. The van der Waals surface area contributed by atoms with E-state index < -0.39 is 0 Å². The predicted octanol–water partition coefficient (Wildman–Crippen LogP) is 6.33. The van der Waals surface area contributed by atoms with Crippen molar-refractivity contribution in [2.24, 2.45) is 0 Å². The molecule has 1 aromatic rings. The highest BCUT2D eigenvalue weighted by Crippen LogP contribution is 2.42. The van der Waals surface area contributed by atoms with Gasteiger partial charge in [0.25, 0.3) is 0 Å². The Kier molecular flexibility index (Phi) is 6.33. The number of hydrogen-bond donors (Lipinski definition) is 0. The number of aryl methyl sites for hydroxylation is 1. The minimum Gasteiger partial charge on any atom is -0.481 e. The fourth-order valence-corrected chi connectivity index (χ4v) is 3.06. The summed E-state index contributed by atoms with van der Waals surface area (Å²) >= 11 is 0. The molecule has 0 spiro atoms. The minimum absolute atomic E-state index is 0.0339. The van der Waals surface area contributed by atoms with Gasteiger partial charge < -0.3 is 9.26 Å². The van der Waals surface area contributed by atoms with Gasteiger partial charge in [-0.25, -0.2) is 0 Å². The SMILES string of the molecule is CCOPC(C)(C)Oc1c(C)cc(C(C)(C)C)cc1C(C)(C)C. The number of rotatable bonds is 5. The molecule has 0 heterocycles. The molecule has 0 fully saturated rings. The maximum atomic E-state index is 6.45. The lowest BCUT2D eigenvalue weighted by Crippen LogP contribution is -2.26. The summed E-state index contributed by atoms with van der Waals surface area (Å²) in [5.74, 6) is 1.02. The summed E-state index contributed by atoms with van der Waals surface area (Å²) in [6.07, 6.45) is 0. The zero-order valence-corrected chi connectivity index (χ0v) is 17.7. The summed E-state index contributed by atoms with van der Waals surface area (Å²) < 4.78 is 12.1. The van der Waals surface area contributed by atoms with E-state index in [1.807, 2.05) is 6.92 Å². The molecule has 1 rings (SSSR count). The van der Waals surface area contributed by atoms with E-state index in [4.69, 9.17) is 9.26 Å². The van der Waals surface area contributed by atoms with E-state index in [1.54, 1.807) is 0 Å². The van der Waals surface area contributed by atoms with Crippen molar-refractivity contribution in [2.45, 2.75) is 85.4 Å². The van der Waals surface area contributed by atoms with Crippen molar-refractivity contribution in [3.63, 3.8) is 0 Å². The molecule has 0 aliphatic heterocycles. The van der Waals surface area contributed by atoms with Crippen molar-refractivity contribution in [3.05, 3.63) is 28.8 Å². The molecule has 0 radical (unpaired) electrons. The molecule has 132 valence electrons. The third kappa shape index (κ3) is 5.76. The first-order valence-corrected chi connectivity index (χ1v) is 9.42.